The molecule has 1 saturated heterocycles. The highest BCUT2D eigenvalue weighted by Crippen LogP contribution is 2.31. The fourth-order valence-corrected chi connectivity index (χ4v) is 2.27. The van der Waals surface area contributed by atoms with Crippen LogP contribution in [-0.2, 0) is 0 Å². The molecule has 2 rings (SSSR count). The molecule has 1 aliphatic rings. The van der Waals surface area contributed by atoms with Gasteiger partial charge in [-0.2, -0.15) is 0 Å². The van der Waals surface area contributed by atoms with Crippen molar-refractivity contribution in [3.8, 4) is 0 Å². The quantitative estimate of drug-likeness (QED) is 0.827. The van der Waals surface area contributed by atoms with Gasteiger partial charge in [0.1, 0.15) is 5.82 Å². The maximum atomic E-state index is 9.83. The molecule has 0 aromatic carbocycles. The molecular formula is C10H12Cl2N2O. The number of nitrogens with zero attached hydrogens (tertiary/aromatic N) is 2. The van der Waals surface area contributed by atoms with Gasteiger partial charge in [0.2, 0.25) is 0 Å². The van der Waals surface area contributed by atoms with Gasteiger partial charge in [-0.3, -0.25) is 0 Å². The zero-order valence-corrected chi connectivity index (χ0v) is 9.89. The molecule has 0 amide bonds. The van der Waals surface area contributed by atoms with Crippen molar-refractivity contribution in [1.29, 1.82) is 0 Å². The van der Waals surface area contributed by atoms with Crippen molar-refractivity contribution in [1.82, 2.24) is 4.98 Å². The lowest BCUT2D eigenvalue weighted by molar-refractivity contribution is 0.0839. The van der Waals surface area contributed by atoms with Crippen LogP contribution in [0.1, 0.15) is 13.3 Å². The van der Waals surface area contributed by atoms with Crippen molar-refractivity contribution in [3.63, 3.8) is 0 Å². The van der Waals surface area contributed by atoms with E-state index in [0.29, 0.717) is 22.4 Å². The molecule has 2 heterocycles. The van der Waals surface area contributed by atoms with Gasteiger partial charge in [-0.05, 0) is 19.4 Å². The third kappa shape index (κ3) is 2.36. The molecule has 5 heteroatoms. The Morgan fingerprint density at radius 2 is 2.27 bits per heavy atom. The van der Waals surface area contributed by atoms with E-state index in [1.807, 2.05) is 11.8 Å². The number of β-amino-alcohol motifs (C(OH)–C–C–N with tert-alkyl or cyclic N) is 1. The second-order valence-electron chi connectivity index (χ2n) is 4.13. The summed E-state index contributed by atoms with van der Waals surface area (Å²) in [5.41, 5.74) is -0.648. The van der Waals surface area contributed by atoms with Crippen molar-refractivity contribution in [2.24, 2.45) is 0 Å². The Morgan fingerprint density at radius 3 is 2.80 bits per heavy atom. The van der Waals surface area contributed by atoms with E-state index in [2.05, 4.69) is 4.98 Å². The van der Waals surface area contributed by atoms with Gasteiger partial charge in [-0.25, -0.2) is 4.98 Å². The van der Waals surface area contributed by atoms with Crippen LogP contribution >= 0.6 is 23.2 Å². The summed E-state index contributed by atoms with van der Waals surface area (Å²) in [7, 11) is 0. The zero-order valence-electron chi connectivity index (χ0n) is 8.37. The number of hydrogen-bond acceptors (Lipinski definition) is 3. The Hall–Kier alpha value is -0.510. The lowest BCUT2D eigenvalue weighted by Crippen LogP contribution is -2.30. The summed E-state index contributed by atoms with van der Waals surface area (Å²) in [5, 5.41) is 10.9. The van der Waals surface area contributed by atoms with E-state index in [1.54, 1.807) is 12.3 Å². The average Bonchev–Trinajstić information content (AvgIpc) is 2.46. The van der Waals surface area contributed by atoms with Gasteiger partial charge in [-0.1, -0.05) is 23.2 Å². The molecule has 0 saturated carbocycles. The molecule has 15 heavy (non-hydrogen) atoms. The maximum absolute atomic E-state index is 9.83. The van der Waals surface area contributed by atoms with Gasteiger partial charge in [-0.15, -0.1) is 0 Å². The highest BCUT2D eigenvalue weighted by molar-refractivity contribution is 6.36. The van der Waals surface area contributed by atoms with Crippen LogP contribution in [-0.4, -0.2) is 28.8 Å². The number of hydrogen-bond donors (Lipinski definition) is 1. The third-order valence-corrected chi connectivity index (χ3v) is 3.02. The summed E-state index contributed by atoms with van der Waals surface area (Å²) in [6, 6.07) is 1.67. The van der Waals surface area contributed by atoms with Crippen LogP contribution in [0.4, 0.5) is 5.82 Å². The first-order valence-electron chi connectivity index (χ1n) is 4.76. The maximum Gasteiger partial charge on any atom is 0.147 e. The lowest BCUT2D eigenvalue weighted by Gasteiger charge is -2.20. The number of pyridine rings is 1. The summed E-state index contributed by atoms with van der Waals surface area (Å²) < 4.78 is 0. The van der Waals surface area contributed by atoms with Crippen LogP contribution < -0.4 is 4.90 Å². The van der Waals surface area contributed by atoms with E-state index in [-0.39, 0.29) is 0 Å². The average molecular weight is 247 g/mol. The Labute approximate surface area is 98.6 Å². The third-order valence-electron chi connectivity index (χ3n) is 2.54. The number of halogens is 2. The monoisotopic (exact) mass is 246 g/mol. The van der Waals surface area contributed by atoms with Crippen LogP contribution in [0.3, 0.4) is 0 Å². The Kier molecular flexibility index (Phi) is 2.79. The molecule has 0 bridgehead atoms. The van der Waals surface area contributed by atoms with Crippen LogP contribution in [0.2, 0.25) is 10.0 Å². The SMILES string of the molecule is CC1(O)CCN(c2ncc(Cl)cc2Cl)C1. The molecule has 3 nitrogen and oxygen atoms in total. The van der Waals surface area contributed by atoms with Crippen LogP contribution in [0, 0.1) is 0 Å². The summed E-state index contributed by atoms with van der Waals surface area (Å²) in [6.07, 6.45) is 2.30. The van der Waals surface area contributed by atoms with Gasteiger partial charge >= 0.3 is 0 Å². The molecule has 1 aliphatic heterocycles. The van der Waals surface area contributed by atoms with Crippen LogP contribution in [0.25, 0.3) is 0 Å². The van der Waals surface area contributed by atoms with Crippen LogP contribution in [0.5, 0.6) is 0 Å². The molecule has 82 valence electrons. The molecule has 1 aromatic heterocycles. The zero-order chi connectivity index (χ0) is 11.1. The van der Waals surface area contributed by atoms with Gasteiger partial charge in [0.05, 0.1) is 15.6 Å². The molecule has 0 aliphatic carbocycles. The standard InChI is InChI=1S/C10H12Cl2N2O/c1-10(15)2-3-14(6-10)9-8(12)4-7(11)5-13-9/h4-5,15H,2-3,6H2,1H3. The van der Waals surface area contributed by atoms with Crippen molar-refractivity contribution in [2.75, 3.05) is 18.0 Å². The van der Waals surface area contributed by atoms with Gasteiger partial charge in [0, 0.05) is 19.3 Å². The Balaban J connectivity index is 2.24. The van der Waals surface area contributed by atoms with Crippen molar-refractivity contribution < 1.29 is 5.11 Å². The number of rotatable bonds is 1. The van der Waals surface area contributed by atoms with E-state index in [0.717, 1.165) is 13.0 Å². The van der Waals surface area contributed by atoms with Crippen LogP contribution in [0.15, 0.2) is 12.3 Å². The molecule has 0 spiro atoms. The number of aliphatic hydroxyl groups is 1. The molecule has 1 unspecified atom stereocenters. The minimum atomic E-state index is -0.648. The number of anilines is 1. The fraction of sp³-hybridized carbons (Fsp3) is 0.500. The predicted octanol–water partition coefficient (Wildman–Crippen LogP) is 2.35. The van der Waals surface area contributed by atoms with Crippen molar-refractivity contribution in [3.05, 3.63) is 22.3 Å². The summed E-state index contributed by atoms with van der Waals surface area (Å²) in [5.74, 6) is 0.693. The summed E-state index contributed by atoms with van der Waals surface area (Å²) in [6.45, 7) is 3.14. The van der Waals surface area contributed by atoms with E-state index < -0.39 is 5.60 Å². The topological polar surface area (TPSA) is 36.4 Å². The first-order chi connectivity index (χ1) is 6.98. The normalized spacial score (nSPS) is 26.0. The first kappa shape index (κ1) is 11.0. The lowest BCUT2D eigenvalue weighted by atomic mass is 10.1. The van der Waals surface area contributed by atoms with E-state index >= 15 is 0 Å². The molecule has 0 radical (unpaired) electrons. The number of aromatic nitrogens is 1. The molecule has 1 fully saturated rings. The molecular weight excluding hydrogens is 235 g/mol. The summed E-state index contributed by atoms with van der Waals surface area (Å²) in [4.78, 5) is 6.15. The largest absolute Gasteiger partial charge is 0.388 e. The molecule has 1 N–H and O–H groups in total. The minimum Gasteiger partial charge on any atom is -0.388 e. The van der Waals surface area contributed by atoms with Crippen molar-refractivity contribution >= 4 is 29.0 Å². The highest BCUT2D eigenvalue weighted by atomic mass is 35.5. The smallest absolute Gasteiger partial charge is 0.147 e. The van der Waals surface area contributed by atoms with Crippen molar-refractivity contribution in [2.45, 2.75) is 18.9 Å². The van der Waals surface area contributed by atoms with E-state index in [4.69, 9.17) is 23.2 Å². The highest BCUT2D eigenvalue weighted by Gasteiger charge is 2.32. The Bertz CT molecular complexity index is 382. The van der Waals surface area contributed by atoms with Gasteiger partial charge < -0.3 is 10.0 Å². The summed E-state index contributed by atoms with van der Waals surface area (Å²) >= 11 is 11.8. The van der Waals surface area contributed by atoms with Gasteiger partial charge in [0.15, 0.2) is 0 Å². The first-order valence-corrected chi connectivity index (χ1v) is 5.52. The van der Waals surface area contributed by atoms with E-state index in [1.165, 1.54) is 0 Å². The molecule has 1 aromatic rings. The van der Waals surface area contributed by atoms with Gasteiger partial charge in [0.25, 0.3) is 0 Å². The Morgan fingerprint density at radius 1 is 1.53 bits per heavy atom. The minimum absolute atomic E-state index is 0.523. The van der Waals surface area contributed by atoms with E-state index in [9.17, 15) is 5.11 Å². The predicted molar refractivity (Wildman–Crippen MR) is 61.7 cm³/mol. The molecule has 1 atom stereocenters. The second kappa shape index (κ2) is 3.81. The fourth-order valence-electron chi connectivity index (χ4n) is 1.77. The second-order valence-corrected chi connectivity index (χ2v) is 4.97.